The Balaban J connectivity index is 1.55. The molecule has 2 saturated heterocycles. The van der Waals surface area contributed by atoms with Crippen molar-refractivity contribution < 1.29 is 32.2 Å². The fraction of sp³-hybridized carbons (Fsp3) is 0.750. The quantitative estimate of drug-likeness (QED) is 0.193. The minimum atomic E-state index is -4.96. The number of H-pyrrole nitrogens is 1. The molecule has 0 spiro atoms. The van der Waals surface area contributed by atoms with E-state index in [0.29, 0.717) is 17.2 Å². The third-order valence-corrected chi connectivity index (χ3v) is 7.47. The molecule has 3 heterocycles. The summed E-state index contributed by atoms with van der Waals surface area (Å²) in [5.74, 6) is 1.93. The van der Waals surface area contributed by atoms with Gasteiger partial charge < -0.3 is 14.2 Å². The van der Waals surface area contributed by atoms with Gasteiger partial charge in [0, 0.05) is 12.6 Å². The second-order valence-electron chi connectivity index (χ2n) is 10.4. The van der Waals surface area contributed by atoms with Crippen LogP contribution in [0.5, 0.6) is 0 Å². The third-order valence-electron chi connectivity index (χ3n) is 7.47. The van der Waals surface area contributed by atoms with Gasteiger partial charge in [-0.05, 0) is 32.4 Å². The zero-order valence-corrected chi connectivity index (χ0v) is 23.0. The predicted octanol–water partition coefficient (Wildman–Crippen LogP) is 4.01. The van der Waals surface area contributed by atoms with E-state index in [1.807, 2.05) is 0 Å². The predicted molar refractivity (Wildman–Crippen MR) is 142 cm³/mol. The second-order valence-corrected chi connectivity index (χ2v) is 10.4. The number of terminal acetylenes is 1. The number of hydrogen-bond acceptors (Lipinski definition) is 7. The summed E-state index contributed by atoms with van der Waals surface area (Å²) in [6.45, 7) is 3.53. The van der Waals surface area contributed by atoms with Gasteiger partial charge in [-0.25, -0.2) is 4.79 Å². The molecular weight excluding hydrogens is 531 g/mol. The highest BCUT2D eigenvalue weighted by Gasteiger charge is 2.41. The lowest BCUT2D eigenvalue weighted by molar-refractivity contribution is -0.156. The third kappa shape index (κ3) is 8.94. The fourth-order valence-corrected chi connectivity index (χ4v) is 5.32. The highest BCUT2D eigenvalue weighted by molar-refractivity contribution is 5.76. The first-order chi connectivity index (χ1) is 19.2. The number of likely N-dealkylation sites (tertiary alicyclic amines) is 1. The van der Waals surface area contributed by atoms with Gasteiger partial charge >= 0.3 is 17.8 Å². The first kappa shape index (κ1) is 31.9. The lowest BCUT2D eigenvalue weighted by Gasteiger charge is -2.24. The Morgan fingerprint density at radius 3 is 2.55 bits per heavy atom. The molecule has 0 aliphatic carbocycles. The zero-order valence-electron chi connectivity index (χ0n) is 23.0. The lowest BCUT2D eigenvalue weighted by atomic mass is 10.1. The largest absolute Gasteiger partial charge is 0.462 e. The molecule has 1 aromatic rings. The number of nitrogens with zero attached hydrogens (tertiary/aromatic N) is 2. The summed E-state index contributed by atoms with van der Waals surface area (Å²) in [7, 11) is 0. The molecule has 0 saturated carbocycles. The van der Waals surface area contributed by atoms with Crippen LogP contribution in [0.3, 0.4) is 0 Å². The van der Waals surface area contributed by atoms with E-state index in [0.717, 1.165) is 32.4 Å². The number of carbonyl (C=O) groups excluding carboxylic acids is 1. The monoisotopic (exact) mass is 571 g/mol. The number of unbranched alkanes of at least 4 members (excludes halogenated alkanes) is 7. The van der Waals surface area contributed by atoms with E-state index in [-0.39, 0.29) is 31.6 Å². The Bertz CT molecular complexity index is 1110. The molecule has 0 amide bonds. The molecule has 224 valence electrons. The molecule has 0 unspecified atom stereocenters. The summed E-state index contributed by atoms with van der Waals surface area (Å²) in [5.41, 5.74) is -4.12. The Morgan fingerprint density at radius 1 is 1.18 bits per heavy atom. The topological polar surface area (TPSA) is 103 Å². The molecule has 2 aliphatic rings. The average molecular weight is 572 g/mol. The normalized spacial score (nSPS) is 23.4. The lowest BCUT2D eigenvalue weighted by Crippen LogP contribution is -2.40. The number of esters is 1. The number of aromatic amines is 1. The molecule has 1 aromatic heterocycles. The van der Waals surface area contributed by atoms with E-state index in [9.17, 15) is 27.6 Å². The van der Waals surface area contributed by atoms with E-state index < -0.39 is 41.4 Å². The molecule has 0 aromatic carbocycles. The van der Waals surface area contributed by atoms with E-state index in [1.165, 1.54) is 38.5 Å². The number of rotatable bonds is 15. The number of nitrogens with one attached hydrogen (secondary N) is 1. The van der Waals surface area contributed by atoms with Crippen molar-refractivity contribution in [2.75, 3.05) is 26.3 Å². The Morgan fingerprint density at radius 2 is 1.88 bits per heavy atom. The van der Waals surface area contributed by atoms with E-state index in [4.69, 9.17) is 20.6 Å². The average Bonchev–Trinajstić information content (AvgIpc) is 3.54. The zero-order chi connectivity index (χ0) is 29.1. The number of ether oxygens (including phenoxy) is 3. The Hall–Kier alpha value is -2.62. The van der Waals surface area contributed by atoms with E-state index in [1.54, 1.807) is 4.98 Å². The summed E-state index contributed by atoms with van der Waals surface area (Å²) >= 11 is 0. The maximum absolute atomic E-state index is 13.2. The van der Waals surface area contributed by atoms with Gasteiger partial charge in [0.05, 0.1) is 6.10 Å². The number of carbonyl (C=O) groups is 1. The first-order valence-corrected chi connectivity index (χ1v) is 14.2. The van der Waals surface area contributed by atoms with Gasteiger partial charge in [0.2, 0.25) is 0 Å². The van der Waals surface area contributed by atoms with Crippen LogP contribution in [-0.2, 0) is 25.2 Å². The maximum Gasteiger partial charge on any atom is 0.423 e. The van der Waals surface area contributed by atoms with Gasteiger partial charge in [-0.2, -0.15) is 13.2 Å². The van der Waals surface area contributed by atoms with Gasteiger partial charge in [0.25, 0.3) is 5.56 Å². The van der Waals surface area contributed by atoms with Crippen molar-refractivity contribution in [2.24, 2.45) is 0 Å². The van der Waals surface area contributed by atoms with E-state index in [2.05, 4.69) is 17.7 Å². The first-order valence-electron chi connectivity index (χ1n) is 14.2. The van der Waals surface area contributed by atoms with Gasteiger partial charge in [-0.15, -0.1) is 6.42 Å². The van der Waals surface area contributed by atoms with Crippen LogP contribution in [0, 0.1) is 12.3 Å². The molecule has 40 heavy (non-hydrogen) atoms. The van der Waals surface area contributed by atoms with Crippen molar-refractivity contribution in [3.63, 3.8) is 0 Å². The summed E-state index contributed by atoms with van der Waals surface area (Å²) in [6.07, 6.45) is 9.16. The Labute approximate surface area is 232 Å². The van der Waals surface area contributed by atoms with Crippen molar-refractivity contribution >= 4 is 5.97 Å². The number of halogens is 3. The van der Waals surface area contributed by atoms with Crippen LogP contribution in [0.4, 0.5) is 13.2 Å². The summed E-state index contributed by atoms with van der Waals surface area (Å²) in [5, 5.41) is 0. The van der Waals surface area contributed by atoms with E-state index >= 15 is 0 Å². The SMILES string of the molecule is C#CCO[C@H]1C[C@H](n2cc(C(F)(F)F)c(=O)[nH]c2=O)O[C@@H]1COC(=O)[C@@H]1CCCN1CCCCCCCCCC. The van der Waals surface area contributed by atoms with Crippen molar-refractivity contribution in [2.45, 2.75) is 108 Å². The van der Waals surface area contributed by atoms with Crippen molar-refractivity contribution in [3.05, 3.63) is 32.6 Å². The molecule has 9 nitrogen and oxygen atoms in total. The molecule has 4 atom stereocenters. The standard InChI is InChI=1S/C28H40F3N3O6/c1-3-5-6-7-8-9-10-11-14-33-15-12-13-21(33)26(36)39-19-23-22(38-16-4-2)17-24(40-23)34-18-20(28(29,30)31)25(35)32-27(34)37/h2,18,21-24H,3,5-17,19H2,1H3,(H,32,35,37)/t21-,22-,23+,24+/m0/s1. The fourth-order valence-electron chi connectivity index (χ4n) is 5.32. The summed E-state index contributed by atoms with van der Waals surface area (Å²) < 4.78 is 57.4. The van der Waals surface area contributed by atoms with Crippen molar-refractivity contribution in [3.8, 4) is 12.3 Å². The number of aromatic nitrogens is 2. The van der Waals surface area contributed by atoms with Crippen molar-refractivity contribution in [1.29, 1.82) is 0 Å². The van der Waals surface area contributed by atoms with Crippen LogP contribution in [0.1, 0.15) is 89.3 Å². The Kier molecular flexibility index (Phi) is 12.3. The molecule has 2 fully saturated rings. The van der Waals surface area contributed by atoms with Gasteiger partial charge in [0.15, 0.2) is 0 Å². The van der Waals surface area contributed by atoms with Crippen LogP contribution in [0.25, 0.3) is 0 Å². The molecule has 12 heteroatoms. The molecule has 1 N–H and O–H groups in total. The van der Waals surface area contributed by atoms with Crippen LogP contribution >= 0.6 is 0 Å². The highest BCUT2D eigenvalue weighted by atomic mass is 19.4. The molecular formula is C28H40F3N3O6. The van der Waals surface area contributed by atoms with Crippen molar-refractivity contribution in [1.82, 2.24) is 14.5 Å². The minimum Gasteiger partial charge on any atom is -0.462 e. The highest BCUT2D eigenvalue weighted by Crippen LogP contribution is 2.32. The van der Waals surface area contributed by atoms with Crippen LogP contribution in [0.15, 0.2) is 15.8 Å². The van der Waals surface area contributed by atoms with Gasteiger partial charge in [-0.3, -0.25) is 24.0 Å². The van der Waals surface area contributed by atoms with Crippen LogP contribution in [-0.4, -0.2) is 65.0 Å². The van der Waals surface area contributed by atoms with Gasteiger partial charge in [-0.1, -0.05) is 57.8 Å². The summed E-state index contributed by atoms with van der Waals surface area (Å²) in [4.78, 5) is 40.7. The number of hydrogen-bond donors (Lipinski definition) is 1. The molecule has 2 aliphatic heterocycles. The molecule has 3 rings (SSSR count). The molecule has 0 bridgehead atoms. The van der Waals surface area contributed by atoms with Crippen LogP contribution < -0.4 is 11.2 Å². The molecule has 0 radical (unpaired) electrons. The smallest absolute Gasteiger partial charge is 0.423 e. The number of alkyl halides is 3. The van der Waals surface area contributed by atoms with Crippen LogP contribution in [0.2, 0.25) is 0 Å². The summed E-state index contributed by atoms with van der Waals surface area (Å²) in [6, 6.07) is -0.358. The second kappa shape index (κ2) is 15.4. The maximum atomic E-state index is 13.2. The van der Waals surface area contributed by atoms with Gasteiger partial charge in [0.1, 0.15) is 37.2 Å². The minimum absolute atomic E-state index is 0.0266.